The Morgan fingerprint density at radius 3 is 2.79 bits per heavy atom. The molecule has 2 aromatic heterocycles. The molecule has 1 atom stereocenters. The van der Waals surface area contributed by atoms with E-state index in [1.54, 1.807) is 6.26 Å². The van der Waals surface area contributed by atoms with E-state index < -0.39 is 0 Å². The van der Waals surface area contributed by atoms with E-state index in [1.165, 1.54) is 0 Å². The number of rotatable bonds is 6. The normalized spacial score (nSPS) is 12.8. The molecule has 2 aromatic rings. The summed E-state index contributed by atoms with van der Waals surface area (Å²) >= 11 is 7.06. The van der Waals surface area contributed by atoms with Crippen molar-refractivity contribution in [3.05, 3.63) is 38.9 Å². The lowest BCUT2D eigenvalue weighted by molar-refractivity contribution is 0.500. The van der Waals surface area contributed by atoms with Crippen molar-refractivity contribution in [2.24, 2.45) is 0 Å². The van der Waals surface area contributed by atoms with Gasteiger partial charge in [0, 0.05) is 12.1 Å². The van der Waals surface area contributed by atoms with Gasteiger partial charge >= 0.3 is 0 Å². The van der Waals surface area contributed by atoms with Crippen LogP contribution in [-0.4, -0.2) is 16.3 Å². The molecule has 104 valence electrons. The predicted octanol–water partition coefficient (Wildman–Crippen LogP) is 4.11. The fourth-order valence-corrected chi connectivity index (χ4v) is 3.11. The third-order valence-electron chi connectivity index (χ3n) is 2.91. The van der Waals surface area contributed by atoms with Gasteiger partial charge in [0.05, 0.1) is 28.7 Å². The van der Waals surface area contributed by atoms with E-state index in [0.29, 0.717) is 0 Å². The van der Waals surface area contributed by atoms with Gasteiger partial charge in [-0.05, 0) is 50.9 Å². The third kappa shape index (κ3) is 3.12. The van der Waals surface area contributed by atoms with Crippen molar-refractivity contribution < 1.29 is 4.42 Å². The topological polar surface area (TPSA) is 43.0 Å². The second-order valence-electron chi connectivity index (χ2n) is 4.24. The van der Waals surface area contributed by atoms with Crippen molar-refractivity contribution in [3.8, 4) is 0 Å². The Kier molecular flexibility index (Phi) is 5.24. The molecule has 0 radical (unpaired) electrons. The second-order valence-corrected chi connectivity index (χ2v) is 5.82. The molecule has 6 heteroatoms. The first-order valence-electron chi connectivity index (χ1n) is 6.36. The molecule has 4 nitrogen and oxygen atoms in total. The Morgan fingerprint density at radius 2 is 2.21 bits per heavy atom. The summed E-state index contributed by atoms with van der Waals surface area (Å²) in [6.07, 6.45) is 4.59. The quantitative estimate of drug-likeness (QED) is 0.806. The van der Waals surface area contributed by atoms with Crippen LogP contribution in [0.3, 0.4) is 0 Å². The highest BCUT2D eigenvalue weighted by molar-refractivity contribution is 9.10. The van der Waals surface area contributed by atoms with Crippen molar-refractivity contribution in [3.63, 3.8) is 0 Å². The summed E-state index contributed by atoms with van der Waals surface area (Å²) in [7, 11) is 0. The molecule has 0 saturated carbocycles. The molecule has 0 aliphatic rings. The van der Waals surface area contributed by atoms with E-state index in [1.807, 2.05) is 16.9 Å². The molecule has 0 bridgehead atoms. The smallest absolute Gasteiger partial charge is 0.174 e. The fraction of sp³-hybridized carbons (Fsp3) is 0.462. The van der Waals surface area contributed by atoms with Crippen LogP contribution in [0.1, 0.15) is 37.6 Å². The molecule has 0 amide bonds. The largest absolute Gasteiger partial charge is 0.457 e. The number of nitrogens with zero attached hydrogens (tertiary/aromatic N) is 2. The molecule has 0 saturated heterocycles. The SMILES string of the molecule is CCCn1ncc(Br)c1C(NCC)c1ccoc1Br. The van der Waals surface area contributed by atoms with Gasteiger partial charge in [-0.1, -0.05) is 13.8 Å². The molecule has 0 aliphatic carbocycles. The summed E-state index contributed by atoms with van der Waals surface area (Å²) in [5.41, 5.74) is 2.21. The second kappa shape index (κ2) is 6.72. The third-order valence-corrected chi connectivity index (χ3v) is 4.16. The highest BCUT2D eigenvalue weighted by Gasteiger charge is 2.24. The molecular formula is C13H17Br2N3O. The molecule has 2 rings (SSSR count). The zero-order chi connectivity index (χ0) is 13.8. The van der Waals surface area contributed by atoms with Crippen molar-refractivity contribution in [1.82, 2.24) is 15.1 Å². The average molecular weight is 391 g/mol. The number of aromatic nitrogens is 2. The molecule has 2 heterocycles. The summed E-state index contributed by atoms with van der Waals surface area (Å²) in [6.45, 7) is 6.01. The Morgan fingerprint density at radius 1 is 1.42 bits per heavy atom. The molecule has 0 fully saturated rings. The predicted molar refractivity (Wildman–Crippen MR) is 82.1 cm³/mol. The number of nitrogens with one attached hydrogen (secondary N) is 1. The molecule has 1 N–H and O–H groups in total. The van der Waals surface area contributed by atoms with E-state index in [-0.39, 0.29) is 6.04 Å². The van der Waals surface area contributed by atoms with Crippen molar-refractivity contribution in [2.75, 3.05) is 6.54 Å². The first-order valence-corrected chi connectivity index (χ1v) is 7.95. The summed E-state index contributed by atoms with van der Waals surface area (Å²) in [5, 5.41) is 7.92. The maximum atomic E-state index is 5.36. The van der Waals surface area contributed by atoms with Gasteiger partial charge in [-0.15, -0.1) is 0 Å². The Labute approximate surface area is 129 Å². The zero-order valence-corrected chi connectivity index (χ0v) is 14.2. The Hall–Kier alpha value is -0.590. The minimum absolute atomic E-state index is 0.0570. The maximum Gasteiger partial charge on any atom is 0.174 e. The van der Waals surface area contributed by atoms with Crippen molar-refractivity contribution in [2.45, 2.75) is 32.9 Å². The van der Waals surface area contributed by atoms with Crippen LogP contribution in [0.15, 0.2) is 32.1 Å². The molecule has 0 aliphatic heterocycles. The lowest BCUT2D eigenvalue weighted by Gasteiger charge is -2.19. The Balaban J connectivity index is 2.44. The van der Waals surface area contributed by atoms with E-state index in [0.717, 1.165) is 39.9 Å². The summed E-state index contributed by atoms with van der Waals surface area (Å²) in [6, 6.07) is 2.04. The molecule has 0 aromatic carbocycles. The maximum absolute atomic E-state index is 5.36. The van der Waals surface area contributed by atoms with Crippen LogP contribution in [0.25, 0.3) is 0 Å². The number of furan rings is 1. The van der Waals surface area contributed by atoms with Crippen LogP contribution in [0.5, 0.6) is 0 Å². The molecule has 1 unspecified atom stereocenters. The van der Waals surface area contributed by atoms with Crippen LogP contribution in [-0.2, 0) is 6.54 Å². The lowest BCUT2D eigenvalue weighted by Crippen LogP contribution is -2.25. The standard InChI is InChI=1S/C13H17Br2N3O/c1-3-6-18-12(10(14)8-17-18)11(16-4-2)9-5-7-19-13(9)15/h5,7-8,11,16H,3-4,6H2,1-2H3. The molecule has 0 spiro atoms. The van der Waals surface area contributed by atoms with E-state index >= 15 is 0 Å². The van der Waals surface area contributed by atoms with Gasteiger partial charge in [0.1, 0.15) is 0 Å². The monoisotopic (exact) mass is 389 g/mol. The number of hydrogen-bond donors (Lipinski definition) is 1. The van der Waals surface area contributed by atoms with Gasteiger partial charge < -0.3 is 9.73 Å². The van der Waals surface area contributed by atoms with Gasteiger partial charge in [-0.3, -0.25) is 4.68 Å². The zero-order valence-electron chi connectivity index (χ0n) is 11.0. The van der Waals surface area contributed by atoms with Crippen LogP contribution >= 0.6 is 31.9 Å². The fourth-order valence-electron chi connectivity index (χ4n) is 2.12. The van der Waals surface area contributed by atoms with Crippen molar-refractivity contribution >= 4 is 31.9 Å². The minimum atomic E-state index is 0.0570. The first-order chi connectivity index (χ1) is 9.19. The highest BCUT2D eigenvalue weighted by Crippen LogP contribution is 2.33. The minimum Gasteiger partial charge on any atom is -0.457 e. The van der Waals surface area contributed by atoms with Crippen LogP contribution < -0.4 is 5.32 Å². The van der Waals surface area contributed by atoms with Crippen LogP contribution in [0.2, 0.25) is 0 Å². The molecular weight excluding hydrogens is 374 g/mol. The van der Waals surface area contributed by atoms with E-state index in [4.69, 9.17) is 4.42 Å². The van der Waals surface area contributed by atoms with E-state index in [9.17, 15) is 0 Å². The van der Waals surface area contributed by atoms with Crippen LogP contribution in [0.4, 0.5) is 0 Å². The van der Waals surface area contributed by atoms with Crippen molar-refractivity contribution in [1.29, 1.82) is 0 Å². The summed E-state index contributed by atoms with van der Waals surface area (Å²) in [4.78, 5) is 0. The van der Waals surface area contributed by atoms with Gasteiger partial charge in [0.15, 0.2) is 4.67 Å². The van der Waals surface area contributed by atoms with Crippen LogP contribution in [0, 0.1) is 0 Å². The Bertz CT molecular complexity index is 536. The first kappa shape index (κ1) is 14.8. The van der Waals surface area contributed by atoms with E-state index in [2.05, 4.69) is 56.1 Å². The number of hydrogen-bond acceptors (Lipinski definition) is 3. The van der Waals surface area contributed by atoms with Gasteiger partial charge in [0.2, 0.25) is 0 Å². The highest BCUT2D eigenvalue weighted by atomic mass is 79.9. The summed E-state index contributed by atoms with van der Waals surface area (Å²) in [5.74, 6) is 0. The summed E-state index contributed by atoms with van der Waals surface area (Å²) < 4.78 is 9.17. The average Bonchev–Trinajstić information content (AvgIpc) is 2.95. The molecule has 19 heavy (non-hydrogen) atoms. The van der Waals surface area contributed by atoms with Gasteiger partial charge in [0.25, 0.3) is 0 Å². The lowest BCUT2D eigenvalue weighted by atomic mass is 10.1. The number of aryl methyl sites for hydroxylation is 1. The van der Waals surface area contributed by atoms with Gasteiger partial charge in [-0.2, -0.15) is 5.10 Å². The number of halogens is 2. The van der Waals surface area contributed by atoms with Gasteiger partial charge in [-0.25, -0.2) is 0 Å².